The maximum absolute atomic E-state index is 13.0. The molecule has 1 amide bonds. The van der Waals surface area contributed by atoms with Gasteiger partial charge in [-0.25, -0.2) is 0 Å². The fourth-order valence-corrected chi connectivity index (χ4v) is 4.60. The first-order valence-corrected chi connectivity index (χ1v) is 10.0. The second-order valence-electron chi connectivity index (χ2n) is 7.83. The second-order valence-corrected chi connectivity index (χ2v) is 7.83. The summed E-state index contributed by atoms with van der Waals surface area (Å²) in [6, 6.07) is 4.25. The van der Waals surface area contributed by atoms with Crippen LogP contribution in [0, 0.1) is 5.92 Å². The van der Waals surface area contributed by atoms with Crippen LogP contribution >= 0.6 is 0 Å². The van der Waals surface area contributed by atoms with E-state index < -0.39 is 0 Å². The van der Waals surface area contributed by atoms with Gasteiger partial charge in [-0.15, -0.1) is 0 Å². The Morgan fingerprint density at radius 1 is 1.04 bits per heavy atom. The van der Waals surface area contributed by atoms with Gasteiger partial charge in [0, 0.05) is 12.0 Å². The monoisotopic (exact) mass is 377 g/mol. The van der Waals surface area contributed by atoms with Crippen LogP contribution in [0.2, 0.25) is 0 Å². The number of quaternary nitrogens is 1. The molecule has 0 unspecified atom stereocenters. The molecule has 1 heterocycles. The number of piperazine rings is 1. The van der Waals surface area contributed by atoms with Gasteiger partial charge in [0.2, 0.25) is 5.75 Å². The Hall–Kier alpha value is -1.95. The summed E-state index contributed by atoms with van der Waals surface area (Å²) in [7, 11) is 4.70. The minimum Gasteiger partial charge on any atom is -0.493 e. The number of nitrogens with zero attached hydrogens (tertiary/aromatic N) is 1. The molecule has 6 heteroatoms. The summed E-state index contributed by atoms with van der Waals surface area (Å²) in [4.78, 5) is 16.7. The van der Waals surface area contributed by atoms with Crippen molar-refractivity contribution in [3.63, 3.8) is 0 Å². The molecule has 1 N–H and O–H groups in total. The number of carbonyl (C=O) groups is 1. The van der Waals surface area contributed by atoms with Crippen molar-refractivity contribution < 1.29 is 23.9 Å². The molecule has 2 atom stereocenters. The zero-order chi connectivity index (χ0) is 19.4. The van der Waals surface area contributed by atoms with Crippen LogP contribution < -0.4 is 19.1 Å². The van der Waals surface area contributed by atoms with Crippen molar-refractivity contribution in [2.24, 2.45) is 5.92 Å². The van der Waals surface area contributed by atoms with Gasteiger partial charge >= 0.3 is 0 Å². The number of methoxy groups -OCH3 is 3. The van der Waals surface area contributed by atoms with E-state index in [0.717, 1.165) is 38.1 Å². The lowest BCUT2D eigenvalue weighted by atomic mass is 9.86. The smallest absolute Gasteiger partial charge is 0.254 e. The largest absolute Gasteiger partial charge is 0.493 e. The van der Waals surface area contributed by atoms with Crippen LogP contribution in [-0.4, -0.2) is 64.4 Å². The molecule has 1 aliphatic heterocycles. The number of hydrogen-bond acceptors (Lipinski definition) is 4. The molecule has 0 spiro atoms. The quantitative estimate of drug-likeness (QED) is 0.848. The molecule has 1 saturated carbocycles. The standard InChI is InChI=1S/C21H32N2O4/c1-15-6-5-7-17(12-15)22-8-10-23(11-9-22)21(24)16-13-18(25-2)20(27-4)19(14-16)26-3/h13-15,17H,5-12H2,1-4H3/p+1/t15-,17-/m1/s1. The maximum atomic E-state index is 13.0. The zero-order valence-corrected chi connectivity index (χ0v) is 17.0. The van der Waals surface area contributed by atoms with E-state index in [2.05, 4.69) is 6.92 Å². The first-order valence-electron chi connectivity index (χ1n) is 10.0. The highest BCUT2D eigenvalue weighted by molar-refractivity contribution is 5.95. The zero-order valence-electron chi connectivity index (χ0n) is 17.0. The van der Waals surface area contributed by atoms with E-state index in [0.29, 0.717) is 22.8 Å². The predicted octanol–water partition coefficient (Wildman–Crippen LogP) is 1.63. The summed E-state index contributed by atoms with van der Waals surface area (Å²) in [5.41, 5.74) is 0.583. The van der Waals surface area contributed by atoms with Crippen LogP contribution in [-0.2, 0) is 0 Å². The Morgan fingerprint density at radius 2 is 1.67 bits per heavy atom. The number of nitrogens with one attached hydrogen (secondary N) is 1. The fraction of sp³-hybridized carbons (Fsp3) is 0.667. The van der Waals surface area contributed by atoms with Gasteiger partial charge in [0.15, 0.2) is 11.5 Å². The summed E-state index contributed by atoms with van der Waals surface area (Å²) in [6.45, 7) is 6.04. The van der Waals surface area contributed by atoms with Crippen molar-refractivity contribution in [2.45, 2.75) is 38.6 Å². The molecule has 1 aliphatic carbocycles. The Labute approximate surface area is 162 Å². The van der Waals surface area contributed by atoms with Crippen LogP contribution in [0.1, 0.15) is 43.0 Å². The molecule has 27 heavy (non-hydrogen) atoms. The molecule has 1 aromatic carbocycles. The van der Waals surface area contributed by atoms with Crippen LogP contribution in [0.25, 0.3) is 0 Å². The molecular formula is C21H33N2O4+. The number of benzene rings is 1. The molecular weight excluding hydrogens is 344 g/mol. The summed E-state index contributed by atoms with van der Waals surface area (Å²) in [5.74, 6) is 2.42. The van der Waals surface area contributed by atoms with Gasteiger partial charge in [-0.2, -0.15) is 0 Å². The van der Waals surface area contributed by atoms with Crippen molar-refractivity contribution in [2.75, 3.05) is 47.5 Å². The lowest BCUT2D eigenvalue weighted by Gasteiger charge is -2.39. The molecule has 0 radical (unpaired) electrons. The van der Waals surface area contributed by atoms with Crippen molar-refractivity contribution in [3.05, 3.63) is 17.7 Å². The van der Waals surface area contributed by atoms with E-state index in [1.807, 2.05) is 4.90 Å². The minimum atomic E-state index is 0.0327. The van der Waals surface area contributed by atoms with Gasteiger partial charge in [-0.05, 0) is 30.9 Å². The van der Waals surface area contributed by atoms with Gasteiger partial charge in [0.25, 0.3) is 5.91 Å². The van der Waals surface area contributed by atoms with Gasteiger partial charge < -0.3 is 24.0 Å². The number of hydrogen-bond donors (Lipinski definition) is 1. The molecule has 2 fully saturated rings. The predicted molar refractivity (Wildman–Crippen MR) is 104 cm³/mol. The van der Waals surface area contributed by atoms with Gasteiger partial charge in [-0.3, -0.25) is 4.79 Å². The van der Waals surface area contributed by atoms with E-state index in [1.54, 1.807) is 38.4 Å². The summed E-state index contributed by atoms with van der Waals surface area (Å²) in [5, 5.41) is 0. The van der Waals surface area contributed by atoms with E-state index >= 15 is 0 Å². The Bertz CT molecular complexity index is 631. The third-order valence-electron chi connectivity index (χ3n) is 6.12. The first kappa shape index (κ1) is 19.8. The normalized spacial score (nSPS) is 23.8. The van der Waals surface area contributed by atoms with Crippen molar-refractivity contribution in [1.29, 1.82) is 0 Å². The average molecular weight is 378 g/mol. The van der Waals surface area contributed by atoms with Crippen LogP contribution in [0.5, 0.6) is 17.2 Å². The van der Waals surface area contributed by atoms with Crippen LogP contribution in [0.15, 0.2) is 12.1 Å². The van der Waals surface area contributed by atoms with E-state index in [-0.39, 0.29) is 5.91 Å². The van der Waals surface area contributed by atoms with Crippen molar-refractivity contribution in [1.82, 2.24) is 4.90 Å². The number of amides is 1. The molecule has 150 valence electrons. The van der Waals surface area contributed by atoms with Crippen LogP contribution in [0.4, 0.5) is 0 Å². The minimum absolute atomic E-state index is 0.0327. The van der Waals surface area contributed by atoms with Gasteiger partial charge in [-0.1, -0.05) is 13.3 Å². The molecule has 3 rings (SSSR count). The SMILES string of the molecule is COc1cc(C(=O)N2CC[NH+]([C@@H]3CCC[C@@H](C)C3)CC2)cc(OC)c1OC. The third kappa shape index (κ3) is 4.32. The molecule has 0 aromatic heterocycles. The van der Waals surface area contributed by atoms with E-state index in [9.17, 15) is 4.79 Å². The highest BCUT2D eigenvalue weighted by atomic mass is 16.5. The van der Waals surface area contributed by atoms with E-state index in [1.165, 1.54) is 25.7 Å². The highest BCUT2D eigenvalue weighted by Crippen LogP contribution is 2.38. The van der Waals surface area contributed by atoms with Crippen molar-refractivity contribution in [3.8, 4) is 17.2 Å². The Morgan fingerprint density at radius 3 is 2.19 bits per heavy atom. The molecule has 6 nitrogen and oxygen atoms in total. The summed E-state index contributed by atoms with van der Waals surface area (Å²) < 4.78 is 16.1. The fourth-order valence-electron chi connectivity index (χ4n) is 4.60. The molecule has 0 bridgehead atoms. The number of ether oxygens (including phenoxy) is 3. The first-order chi connectivity index (χ1) is 13.1. The highest BCUT2D eigenvalue weighted by Gasteiger charge is 2.32. The number of carbonyl (C=O) groups excluding carboxylic acids is 1. The van der Waals surface area contributed by atoms with Crippen molar-refractivity contribution >= 4 is 5.91 Å². The lowest BCUT2D eigenvalue weighted by molar-refractivity contribution is -0.930. The topological polar surface area (TPSA) is 52.4 Å². The molecule has 2 aliphatic rings. The molecule has 1 saturated heterocycles. The van der Waals surface area contributed by atoms with Crippen LogP contribution in [0.3, 0.4) is 0 Å². The van der Waals surface area contributed by atoms with E-state index in [4.69, 9.17) is 14.2 Å². The summed E-state index contributed by atoms with van der Waals surface area (Å²) >= 11 is 0. The molecule has 1 aromatic rings. The Balaban J connectivity index is 1.67. The maximum Gasteiger partial charge on any atom is 0.254 e. The average Bonchev–Trinajstić information content (AvgIpc) is 2.72. The van der Waals surface area contributed by atoms with Gasteiger partial charge in [0.1, 0.15) is 0 Å². The number of rotatable bonds is 5. The second kappa shape index (κ2) is 8.83. The lowest BCUT2D eigenvalue weighted by Crippen LogP contribution is -3.18. The van der Waals surface area contributed by atoms with Gasteiger partial charge in [0.05, 0.1) is 53.6 Å². The Kier molecular flexibility index (Phi) is 6.47. The summed E-state index contributed by atoms with van der Waals surface area (Å²) in [6.07, 6.45) is 5.38. The third-order valence-corrected chi connectivity index (χ3v) is 6.12.